The van der Waals surface area contributed by atoms with Crippen LogP contribution in [0.5, 0.6) is 0 Å². The van der Waals surface area contributed by atoms with E-state index in [1.54, 1.807) is 0 Å². The zero-order valence-electron chi connectivity index (χ0n) is 11.4. The predicted molar refractivity (Wildman–Crippen MR) is 76.0 cm³/mol. The predicted octanol–water partition coefficient (Wildman–Crippen LogP) is 2.07. The molecule has 0 saturated carbocycles. The van der Waals surface area contributed by atoms with Gasteiger partial charge in [-0.1, -0.05) is 12.1 Å². The second-order valence-electron chi connectivity index (χ2n) is 5.18. The number of aryl methyl sites for hydroxylation is 1. The van der Waals surface area contributed by atoms with Crippen LogP contribution in [-0.4, -0.2) is 31.3 Å². The van der Waals surface area contributed by atoms with Crippen LogP contribution < -0.4 is 10.2 Å². The maximum absolute atomic E-state index is 9.50. The van der Waals surface area contributed by atoms with Crippen LogP contribution in [0.15, 0.2) is 18.2 Å². The van der Waals surface area contributed by atoms with Gasteiger partial charge >= 0.3 is 0 Å². The maximum Gasteiger partial charge on any atom is 0.0635 e. The fourth-order valence-corrected chi connectivity index (χ4v) is 2.86. The minimum atomic E-state index is 0.262. The molecule has 3 heteroatoms. The van der Waals surface area contributed by atoms with Gasteiger partial charge in [-0.25, -0.2) is 0 Å². The Morgan fingerprint density at radius 3 is 2.89 bits per heavy atom. The number of hydrogen-bond acceptors (Lipinski definition) is 3. The third-order valence-corrected chi connectivity index (χ3v) is 3.79. The molecular weight excluding hydrogens is 224 g/mol. The molecular formula is C15H24N2O. The average molecular weight is 248 g/mol. The van der Waals surface area contributed by atoms with Crippen molar-refractivity contribution in [2.45, 2.75) is 38.8 Å². The Morgan fingerprint density at radius 1 is 1.39 bits per heavy atom. The number of hydrogen-bond donors (Lipinski definition) is 2. The summed E-state index contributed by atoms with van der Waals surface area (Å²) in [6.07, 6.45) is 3.57. The first-order chi connectivity index (χ1) is 8.76. The van der Waals surface area contributed by atoms with E-state index in [4.69, 9.17) is 0 Å². The summed E-state index contributed by atoms with van der Waals surface area (Å²) >= 11 is 0. The number of aliphatic hydroxyl groups is 1. The van der Waals surface area contributed by atoms with E-state index in [1.165, 1.54) is 29.7 Å². The monoisotopic (exact) mass is 248 g/mol. The zero-order chi connectivity index (χ0) is 13.0. The second-order valence-corrected chi connectivity index (χ2v) is 5.18. The first-order valence-corrected chi connectivity index (χ1v) is 6.88. The molecule has 0 amide bonds. The Morgan fingerprint density at radius 2 is 2.22 bits per heavy atom. The number of nitrogens with zero attached hydrogens (tertiary/aromatic N) is 1. The Labute approximate surface area is 110 Å². The molecule has 1 unspecified atom stereocenters. The number of aliphatic hydroxyl groups excluding tert-OH is 1. The number of rotatable bonds is 4. The van der Waals surface area contributed by atoms with Gasteiger partial charge in [0.05, 0.1) is 12.6 Å². The van der Waals surface area contributed by atoms with Crippen molar-refractivity contribution in [3.63, 3.8) is 0 Å². The van der Waals surface area contributed by atoms with E-state index in [9.17, 15) is 5.11 Å². The Bertz CT molecular complexity index is 392. The molecule has 1 atom stereocenters. The summed E-state index contributed by atoms with van der Waals surface area (Å²) in [6, 6.07) is 6.93. The summed E-state index contributed by atoms with van der Waals surface area (Å²) in [7, 11) is 1.97. The number of benzene rings is 1. The third-order valence-electron chi connectivity index (χ3n) is 3.79. The van der Waals surface area contributed by atoms with Gasteiger partial charge in [-0.3, -0.25) is 0 Å². The molecule has 0 radical (unpaired) electrons. The average Bonchev–Trinajstić information content (AvgIpc) is 2.39. The van der Waals surface area contributed by atoms with Crippen LogP contribution in [0.1, 0.15) is 30.4 Å². The second kappa shape index (κ2) is 6.21. The lowest BCUT2D eigenvalue weighted by Crippen LogP contribution is -2.42. The van der Waals surface area contributed by atoms with E-state index in [-0.39, 0.29) is 6.61 Å². The van der Waals surface area contributed by atoms with Gasteiger partial charge in [-0.05, 0) is 50.4 Å². The largest absolute Gasteiger partial charge is 0.394 e. The molecule has 1 heterocycles. The minimum Gasteiger partial charge on any atom is -0.394 e. The van der Waals surface area contributed by atoms with Crippen LogP contribution in [-0.2, 0) is 6.54 Å². The van der Waals surface area contributed by atoms with Crippen LogP contribution in [0.3, 0.4) is 0 Å². The van der Waals surface area contributed by atoms with Crippen LogP contribution in [0.25, 0.3) is 0 Å². The molecule has 0 bridgehead atoms. The first kappa shape index (κ1) is 13.4. The maximum atomic E-state index is 9.50. The van der Waals surface area contributed by atoms with Gasteiger partial charge in [0.25, 0.3) is 0 Å². The standard InChI is InChI=1S/C15H24N2O/c1-12-9-13(10-16-2)6-7-15(12)17-8-4-3-5-14(17)11-18/h6-7,9,14,16,18H,3-5,8,10-11H2,1-2H3. The van der Waals surface area contributed by atoms with Crippen molar-refractivity contribution in [1.82, 2.24) is 5.32 Å². The highest BCUT2D eigenvalue weighted by Crippen LogP contribution is 2.28. The normalized spacial score (nSPS) is 20.2. The number of piperidine rings is 1. The summed E-state index contributed by atoms with van der Waals surface area (Å²) in [5.41, 5.74) is 3.91. The molecule has 0 aliphatic carbocycles. The van der Waals surface area contributed by atoms with Crippen molar-refractivity contribution in [2.24, 2.45) is 0 Å². The highest BCUT2D eigenvalue weighted by molar-refractivity contribution is 5.55. The molecule has 100 valence electrons. The molecule has 1 aromatic carbocycles. The van der Waals surface area contributed by atoms with E-state index >= 15 is 0 Å². The lowest BCUT2D eigenvalue weighted by Gasteiger charge is -2.37. The van der Waals surface area contributed by atoms with E-state index < -0.39 is 0 Å². The van der Waals surface area contributed by atoms with Crippen molar-refractivity contribution in [2.75, 3.05) is 25.1 Å². The Hall–Kier alpha value is -1.06. The van der Waals surface area contributed by atoms with Gasteiger partial charge in [-0.2, -0.15) is 0 Å². The van der Waals surface area contributed by atoms with Gasteiger partial charge in [0.2, 0.25) is 0 Å². The van der Waals surface area contributed by atoms with Crippen LogP contribution in [0.4, 0.5) is 5.69 Å². The smallest absolute Gasteiger partial charge is 0.0635 e. The fourth-order valence-electron chi connectivity index (χ4n) is 2.86. The van der Waals surface area contributed by atoms with Gasteiger partial charge in [0.15, 0.2) is 0 Å². The molecule has 1 aliphatic heterocycles. The molecule has 1 aromatic rings. The highest BCUT2D eigenvalue weighted by Gasteiger charge is 2.22. The van der Waals surface area contributed by atoms with E-state index in [1.807, 2.05) is 7.05 Å². The molecule has 1 fully saturated rings. The Kier molecular flexibility index (Phi) is 4.61. The lowest BCUT2D eigenvalue weighted by atomic mass is 9.99. The van der Waals surface area contributed by atoms with E-state index in [0.29, 0.717) is 6.04 Å². The van der Waals surface area contributed by atoms with Gasteiger partial charge in [0.1, 0.15) is 0 Å². The first-order valence-electron chi connectivity index (χ1n) is 6.88. The van der Waals surface area contributed by atoms with Crippen LogP contribution in [0, 0.1) is 6.92 Å². The third kappa shape index (κ3) is 2.85. The van der Waals surface area contributed by atoms with E-state index in [2.05, 4.69) is 35.3 Å². The summed E-state index contributed by atoms with van der Waals surface area (Å²) in [6.45, 7) is 4.40. The Balaban J connectivity index is 2.21. The molecule has 0 aromatic heterocycles. The summed E-state index contributed by atoms with van der Waals surface area (Å²) < 4.78 is 0. The van der Waals surface area contributed by atoms with Gasteiger partial charge in [-0.15, -0.1) is 0 Å². The van der Waals surface area contributed by atoms with Gasteiger partial charge < -0.3 is 15.3 Å². The number of anilines is 1. The fraction of sp³-hybridized carbons (Fsp3) is 0.600. The topological polar surface area (TPSA) is 35.5 Å². The molecule has 1 aliphatic rings. The van der Waals surface area contributed by atoms with Crippen LogP contribution >= 0.6 is 0 Å². The number of nitrogens with one attached hydrogen (secondary N) is 1. The quantitative estimate of drug-likeness (QED) is 0.856. The van der Waals surface area contributed by atoms with Crippen molar-refractivity contribution in [3.8, 4) is 0 Å². The molecule has 3 nitrogen and oxygen atoms in total. The molecule has 1 saturated heterocycles. The van der Waals surface area contributed by atoms with Crippen molar-refractivity contribution < 1.29 is 5.11 Å². The van der Waals surface area contributed by atoms with Crippen LogP contribution in [0.2, 0.25) is 0 Å². The summed E-state index contributed by atoms with van der Waals surface area (Å²) in [5.74, 6) is 0. The summed E-state index contributed by atoms with van der Waals surface area (Å²) in [4.78, 5) is 2.38. The molecule has 0 spiro atoms. The van der Waals surface area contributed by atoms with Crippen molar-refractivity contribution in [1.29, 1.82) is 0 Å². The highest BCUT2D eigenvalue weighted by atomic mass is 16.3. The lowest BCUT2D eigenvalue weighted by molar-refractivity contribution is 0.240. The SMILES string of the molecule is CNCc1ccc(N2CCCCC2CO)c(C)c1. The zero-order valence-corrected chi connectivity index (χ0v) is 11.4. The summed E-state index contributed by atoms with van der Waals surface area (Å²) in [5, 5.41) is 12.7. The van der Waals surface area contributed by atoms with Gasteiger partial charge in [0, 0.05) is 18.8 Å². The minimum absolute atomic E-state index is 0.262. The molecule has 2 N–H and O–H groups in total. The molecule has 2 rings (SSSR count). The van der Waals surface area contributed by atoms with E-state index in [0.717, 1.165) is 19.5 Å². The van der Waals surface area contributed by atoms with Crippen molar-refractivity contribution in [3.05, 3.63) is 29.3 Å². The molecule has 18 heavy (non-hydrogen) atoms. The van der Waals surface area contributed by atoms with Crippen molar-refractivity contribution >= 4 is 5.69 Å².